The van der Waals surface area contributed by atoms with Crippen LogP contribution in [0.3, 0.4) is 0 Å². The molecule has 1 fully saturated rings. The lowest BCUT2D eigenvalue weighted by Gasteiger charge is -2.27. The Labute approximate surface area is 127 Å². The lowest BCUT2D eigenvalue weighted by molar-refractivity contribution is -0.147. The van der Waals surface area contributed by atoms with Crippen LogP contribution >= 0.6 is 11.6 Å². The van der Waals surface area contributed by atoms with Crippen LogP contribution in [-0.2, 0) is 9.59 Å². The van der Waals surface area contributed by atoms with Crippen LogP contribution in [-0.4, -0.2) is 17.0 Å². The minimum absolute atomic E-state index is 0.269. The Morgan fingerprint density at radius 2 is 1.95 bits per heavy atom. The van der Waals surface area contributed by atoms with Gasteiger partial charge in [-0.2, -0.15) is 5.26 Å². The fourth-order valence-electron chi connectivity index (χ4n) is 2.65. The molecule has 5 nitrogen and oxygen atoms in total. The Bertz CT molecular complexity index is 609. The molecule has 1 aliphatic rings. The first-order valence-corrected chi connectivity index (χ1v) is 7.14. The van der Waals surface area contributed by atoms with E-state index in [2.05, 4.69) is 5.32 Å². The molecule has 1 aromatic rings. The van der Waals surface area contributed by atoms with Crippen molar-refractivity contribution < 1.29 is 14.7 Å². The summed E-state index contributed by atoms with van der Waals surface area (Å²) in [4.78, 5) is 23.5. The maximum absolute atomic E-state index is 12.3. The molecule has 0 heterocycles. The van der Waals surface area contributed by atoms with Crippen molar-refractivity contribution in [2.75, 3.05) is 5.32 Å². The zero-order chi connectivity index (χ0) is 15.4. The topological polar surface area (TPSA) is 90.2 Å². The molecule has 1 amide bonds. The van der Waals surface area contributed by atoms with Crippen LogP contribution in [0.2, 0.25) is 5.02 Å². The summed E-state index contributed by atoms with van der Waals surface area (Å²) in [6, 6.07) is 6.53. The second kappa shape index (κ2) is 6.59. The molecule has 0 aliphatic heterocycles. The van der Waals surface area contributed by atoms with E-state index in [1.807, 2.05) is 6.07 Å². The molecule has 1 aliphatic carbocycles. The molecule has 0 bridgehead atoms. The summed E-state index contributed by atoms with van der Waals surface area (Å²) >= 11 is 6.01. The second-order valence-corrected chi connectivity index (χ2v) is 5.54. The number of halogens is 1. The predicted octanol–water partition coefficient (Wildman–Crippen LogP) is 3.04. The highest BCUT2D eigenvalue weighted by Gasteiger charge is 2.35. The number of hydrogen-bond donors (Lipinski definition) is 2. The molecule has 0 aromatic heterocycles. The normalized spacial score (nSPS) is 21.3. The Morgan fingerprint density at radius 1 is 1.29 bits per heavy atom. The zero-order valence-corrected chi connectivity index (χ0v) is 12.1. The van der Waals surface area contributed by atoms with E-state index in [0.717, 1.165) is 12.8 Å². The molecule has 6 heteroatoms. The Balaban J connectivity index is 2.13. The molecule has 1 saturated carbocycles. The highest BCUT2D eigenvalue weighted by atomic mass is 35.5. The van der Waals surface area contributed by atoms with Gasteiger partial charge in [-0.1, -0.05) is 24.4 Å². The standard InChI is InChI=1S/C15H15ClN2O3/c16-12-7-9(8-17)5-6-13(12)18-14(19)10-3-1-2-4-11(10)15(20)21/h5-7,10-11H,1-4H2,(H,18,19)(H,20,21). The van der Waals surface area contributed by atoms with Gasteiger partial charge >= 0.3 is 5.97 Å². The molecule has 2 N–H and O–H groups in total. The lowest BCUT2D eigenvalue weighted by atomic mass is 9.78. The van der Waals surface area contributed by atoms with E-state index < -0.39 is 17.8 Å². The van der Waals surface area contributed by atoms with Crippen molar-refractivity contribution in [2.24, 2.45) is 11.8 Å². The first kappa shape index (κ1) is 15.3. The van der Waals surface area contributed by atoms with Crippen LogP contribution in [0, 0.1) is 23.2 Å². The van der Waals surface area contributed by atoms with Gasteiger partial charge in [0.15, 0.2) is 0 Å². The lowest BCUT2D eigenvalue weighted by Crippen LogP contribution is -2.36. The SMILES string of the molecule is N#Cc1ccc(NC(=O)C2CCCCC2C(=O)O)c(Cl)c1. The van der Waals surface area contributed by atoms with Crippen LogP contribution in [0.1, 0.15) is 31.2 Å². The first-order valence-electron chi connectivity index (χ1n) is 6.76. The fourth-order valence-corrected chi connectivity index (χ4v) is 2.88. The van der Waals surface area contributed by atoms with Gasteiger partial charge in [0.1, 0.15) is 0 Å². The van der Waals surface area contributed by atoms with Crippen molar-refractivity contribution >= 4 is 29.2 Å². The third-order valence-corrected chi connectivity index (χ3v) is 4.09. The minimum Gasteiger partial charge on any atom is -0.481 e. The van der Waals surface area contributed by atoms with Gasteiger partial charge in [-0.25, -0.2) is 0 Å². The summed E-state index contributed by atoms with van der Waals surface area (Å²) in [6.45, 7) is 0. The number of nitrogens with one attached hydrogen (secondary N) is 1. The first-order chi connectivity index (χ1) is 10.0. The molecular weight excluding hydrogens is 292 g/mol. The molecule has 110 valence electrons. The van der Waals surface area contributed by atoms with Crippen LogP contribution in [0.5, 0.6) is 0 Å². The maximum Gasteiger partial charge on any atom is 0.307 e. The Kier molecular flexibility index (Phi) is 4.81. The van der Waals surface area contributed by atoms with E-state index in [-0.39, 0.29) is 10.9 Å². The minimum atomic E-state index is -0.930. The number of carboxylic acids is 1. The van der Waals surface area contributed by atoms with Gasteiger partial charge in [-0.3, -0.25) is 9.59 Å². The smallest absolute Gasteiger partial charge is 0.307 e. The number of nitrogens with zero attached hydrogens (tertiary/aromatic N) is 1. The molecule has 2 rings (SSSR count). The average Bonchev–Trinajstić information content (AvgIpc) is 2.49. The summed E-state index contributed by atoms with van der Waals surface area (Å²) in [5, 5.41) is 20.9. The number of rotatable bonds is 3. The van der Waals surface area contributed by atoms with E-state index in [1.54, 1.807) is 12.1 Å². The number of nitriles is 1. The number of amides is 1. The maximum atomic E-state index is 12.3. The number of anilines is 1. The van der Waals surface area contributed by atoms with Gasteiger partial charge < -0.3 is 10.4 Å². The number of carbonyl (C=O) groups is 2. The van der Waals surface area contributed by atoms with Crippen LogP contribution < -0.4 is 5.32 Å². The van der Waals surface area contributed by atoms with Gasteiger partial charge in [-0.05, 0) is 31.0 Å². The van der Waals surface area contributed by atoms with Crippen molar-refractivity contribution in [3.8, 4) is 6.07 Å². The van der Waals surface area contributed by atoms with E-state index in [4.69, 9.17) is 16.9 Å². The quantitative estimate of drug-likeness (QED) is 0.898. The van der Waals surface area contributed by atoms with E-state index >= 15 is 0 Å². The number of carboxylic acid groups (broad SMARTS) is 1. The van der Waals surface area contributed by atoms with E-state index in [9.17, 15) is 14.7 Å². The van der Waals surface area contributed by atoms with Gasteiger partial charge in [0.05, 0.1) is 34.2 Å². The second-order valence-electron chi connectivity index (χ2n) is 5.13. The average molecular weight is 307 g/mol. The molecule has 2 unspecified atom stereocenters. The summed E-state index contributed by atoms with van der Waals surface area (Å²) < 4.78 is 0. The monoisotopic (exact) mass is 306 g/mol. The fraction of sp³-hybridized carbons (Fsp3) is 0.400. The molecule has 0 saturated heterocycles. The van der Waals surface area contributed by atoms with Gasteiger partial charge in [0.2, 0.25) is 5.91 Å². The van der Waals surface area contributed by atoms with Crippen molar-refractivity contribution in [3.63, 3.8) is 0 Å². The van der Waals surface area contributed by atoms with Crippen molar-refractivity contribution in [1.82, 2.24) is 0 Å². The molecule has 21 heavy (non-hydrogen) atoms. The molecule has 2 atom stereocenters. The summed E-state index contributed by atoms with van der Waals surface area (Å²) in [5.41, 5.74) is 0.800. The van der Waals surface area contributed by atoms with E-state index in [1.165, 1.54) is 6.07 Å². The van der Waals surface area contributed by atoms with Gasteiger partial charge in [-0.15, -0.1) is 0 Å². The Morgan fingerprint density at radius 3 is 2.52 bits per heavy atom. The summed E-state index contributed by atoms with van der Waals surface area (Å²) in [5.74, 6) is -2.44. The van der Waals surface area contributed by atoms with Crippen molar-refractivity contribution in [2.45, 2.75) is 25.7 Å². The highest BCUT2D eigenvalue weighted by molar-refractivity contribution is 6.33. The molecule has 0 spiro atoms. The number of aliphatic carboxylic acids is 1. The largest absolute Gasteiger partial charge is 0.481 e. The summed E-state index contributed by atoms with van der Waals surface area (Å²) in [7, 11) is 0. The number of hydrogen-bond acceptors (Lipinski definition) is 3. The van der Waals surface area contributed by atoms with Crippen molar-refractivity contribution in [3.05, 3.63) is 28.8 Å². The van der Waals surface area contributed by atoms with Crippen molar-refractivity contribution in [1.29, 1.82) is 5.26 Å². The molecule has 1 aromatic carbocycles. The highest BCUT2D eigenvalue weighted by Crippen LogP contribution is 2.32. The number of carbonyl (C=O) groups excluding carboxylic acids is 1. The zero-order valence-electron chi connectivity index (χ0n) is 11.3. The number of benzene rings is 1. The van der Waals surface area contributed by atoms with E-state index in [0.29, 0.717) is 24.1 Å². The third-order valence-electron chi connectivity index (χ3n) is 3.78. The van der Waals surface area contributed by atoms with Gasteiger partial charge in [0.25, 0.3) is 0 Å². The van der Waals surface area contributed by atoms with Crippen LogP contribution in [0.4, 0.5) is 5.69 Å². The summed E-state index contributed by atoms with van der Waals surface area (Å²) in [6.07, 6.45) is 2.77. The molecular formula is C15H15ClN2O3. The predicted molar refractivity (Wildman–Crippen MR) is 77.9 cm³/mol. The van der Waals surface area contributed by atoms with Crippen LogP contribution in [0.25, 0.3) is 0 Å². The third kappa shape index (κ3) is 3.53. The van der Waals surface area contributed by atoms with Gasteiger partial charge in [0, 0.05) is 0 Å². The Hall–Kier alpha value is -2.06. The molecule has 0 radical (unpaired) electrons. The van der Waals surface area contributed by atoms with Crippen LogP contribution in [0.15, 0.2) is 18.2 Å².